The molecule has 5 rings (SSSR count). The first-order valence-electron chi connectivity index (χ1n) is 11.5. The van der Waals surface area contributed by atoms with Gasteiger partial charge in [0.2, 0.25) is 17.4 Å². The number of benzene rings is 1. The van der Waals surface area contributed by atoms with Crippen LogP contribution in [0.3, 0.4) is 0 Å². The van der Waals surface area contributed by atoms with Crippen molar-refractivity contribution in [2.45, 2.75) is 34.1 Å². The molecule has 1 saturated heterocycles. The van der Waals surface area contributed by atoms with Crippen LogP contribution < -0.4 is 4.90 Å². The van der Waals surface area contributed by atoms with Gasteiger partial charge in [0.05, 0.1) is 0 Å². The van der Waals surface area contributed by atoms with Crippen molar-refractivity contribution in [3.63, 3.8) is 0 Å². The van der Waals surface area contributed by atoms with Gasteiger partial charge in [-0.1, -0.05) is 38.1 Å². The number of carbonyl (C=O) groups is 1. The summed E-state index contributed by atoms with van der Waals surface area (Å²) in [5.41, 5.74) is 3.72. The van der Waals surface area contributed by atoms with E-state index >= 15 is 0 Å². The summed E-state index contributed by atoms with van der Waals surface area (Å²) in [5, 5.41) is 4.09. The number of rotatable bonds is 4. The van der Waals surface area contributed by atoms with E-state index in [-0.39, 0.29) is 11.3 Å². The Hall–Kier alpha value is -3.75. The minimum Gasteiger partial charge on any atom is -0.422 e. The second kappa shape index (κ2) is 8.55. The lowest BCUT2D eigenvalue weighted by atomic mass is 9.92. The molecule has 3 aromatic heterocycles. The van der Waals surface area contributed by atoms with Crippen molar-refractivity contribution in [3.05, 3.63) is 53.5 Å². The van der Waals surface area contributed by atoms with Crippen molar-refractivity contribution in [2.24, 2.45) is 5.41 Å². The van der Waals surface area contributed by atoms with Gasteiger partial charge < -0.3 is 18.7 Å². The van der Waals surface area contributed by atoms with Crippen LogP contribution in [0.5, 0.6) is 0 Å². The molecule has 0 N–H and O–H groups in total. The number of carbonyl (C=O) groups excluding carboxylic acids is 1. The molecule has 0 unspecified atom stereocenters. The third kappa shape index (κ3) is 4.64. The summed E-state index contributed by atoms with van der Waals surface area (Å²) in [6.07, 6.45) is 0.711. The number of piperazine rings is 1. The van der Waals surface area contributed by atoms with Crippen molar-refractivity contribution >= 4 is 23.2 Å². The lowest BCUT2D eigenvalue weighted by Gasteiger charge is -2.33. The highest BCUT2D eigenvalue weighted by molar-refractivity contribution is 5.94. The van der Waals surface area contributed by atoms with Gasteiger partial charge in [0.15, 0.2) is 5.58 Å². The second-order valence-corrected chi connectivity index (χ2v) is 9.88. The number of aromatic nitrogens is 4. The van der Waals surface area contributed by atoms with Gasteiger partial charge in [-0.3, -0.25) is 4.79 Å². The largest absolute Gasteiger partial charge is 0.422 e. The predicted molar refractivity (Wildman–Crippen MR) is 128 cm³/mol. The first-order chi connectivity index (χ1) is 16.2. The van der Waals surface area contributed by atoms with Crippen molar-refractivity contribution in [3.8, 4) is 11.4 Å². The van der Waals surface area contributed by atoms with E-state index in [1.165, 1.54) is 0 Å². The van der Waals surface area contributed by atoms with Crippen molar-refractivity contribution < 1.29 is 13.7 Å². The highest BCUT2D eigenvalue weighted by Crippen LogP contribution is 2.24. The molecule has 4 heterocycles. The molecule has 1 amide bonds. The fourth-order valence-corrected chi connectivity index (χ4v) is 3.98. The predicted octanol–water partition coefficient (Wildman–Crippen LogP) is 4.13. The number of fused-ring (bicyclic) bond motifs is 1. The average molecular weight is 461 g/mol. The molecule has 4 aromatic rings. The van der Waals surface area contributed by atoms with Crippen LogP contribution in [-0.4, -0.2) is 57.1 Å². The van der Waals surface area contributed by atoms with Crippen molar-refractivity contribution in [1.82, 2.24) is 25.0 Å². The molecule has 0 bridgehead atoms. The Kier molecular flexibility index (Phi) is 5.55. The van der Waals surface area contributed by atoms with E-state index < -0.39 is 0 Å². The number of oxazole rings is 1. The van der Waals surface area contributed by atoms with Gasteiger partial charge in [-0.05, 0) is 36.6 Å². The molecular formula is C25H28N6O3. The Morgan fingerprint density at radius 2 is 1.71 bits per heavy atom. The van der Waals surface area contributed by atoms with Gasteiger partial charge in [0.25, 0.3) is 11.9 Å². The number of nitrogens with zero attached hydrogens (tertiary/aromatic N) is 6. The number of aryl methyl sites for hydroxylation is 1. The quantitative estimate of drug-likeness (QED) is 0.448. The summed E-state index contributed by atoms with van der Waals surface area (Å²) in [6.45, 7) is 10.8. The molecule has 1 aliphatic heterocycles. The van der Waals surface area contributed by atoms with Crippen LogP contribution in [-0.2, 0) is 6.42 Å². The fraction of sp³-hybridized carbons (Fsp3) is 0.400. The maximum Gasteiger partial charge on any atom is 0.300 e. The van der Waals surface area contributed by atoms with Crippen LogP contribution in [0.4, 0.5) is 6.01 Å². The minimum atomic E-state index is 0.00240. The van der Waals surface area contributed by atoms with Crippen LogP contribution in [0.1, 0.15) is 42.7 Å². The molecule has 1 fully saturated rings. The summed E-state index contributed by atoms with van der Waals surface area (Å²) in [7, 11) is 0. The van der Waals surface area contributed by atoms with Crippen LogP contribution >= 0.6 is 0 Å². The molecule has 0 atom stereocenters. The highest BCUT2D eigenvalue weighted by atomic mass is 16.5. The summed E-state index contributed by atoms with van der Waals surface area (Å²) in [4.78, 5) is 30.4. The number of amides is 1. The number of hydrogen-bond acceptors (Lipinski definition) is 8. The van der Waals surface area contributed by atoms with Crippen LogP contribution in [0.25, 0.3) is 22.6 Å². The number of pyridine rings is 1. The molecule has 1 aliphatic rings. The topological polar surface area (TPSA) is 101 Å². The van der Waals surface area contributed by atoms with E-state index in [4.69, 9.17) is 8.94 Å². The molecule has 34 heavy (non-hydrogen) atoms. The zero-order valence-electron chi connectivity index (χ0n) is 19.9. The fourth-order valence-electron chi connectivity index (χ4n) is 3.98. The minimum absolute atomic E-state index is 0.00240. The van der Waals surface area contributed by atoms with E-state index in [1.54, 1.807) is 0 Å². The Labute approximate surface area is 197 Å². The van der Waals surface area contributed by atoms with Gasteiger partial charge in [0.1, 0.15) is 0 Å². The van der Waals surface area contributed by atoms with Crippen LogP contribution in [0.2, 0.25) is 0 Å². The van der Waals surface area contributed by atoms with Crippen LogP contribution in [0, 0.1) is 12.3 Å². The molecule has 0 aliphatic carbocycles. The standard InChI is InChI=1S/C25H28N6O3/c1-16-5-10-19-22(26-16)28-24(33-19)31-13-11-30(12-14-31)23(32)18-8-6-17(7-9-18)21-27-20(34-29-21)15-25(2,3)4/h5-10H,11-15H2,1-4H3. The van der Waals surface area contributed by atoms with Gasteiger partial charge in [-0.2, -0.15) is 9.97 Å². The third-order valence-corrected chi connectivity index (χ3v) is 5.76. The Morgan fingerprint density at radius 3 is 2.41 bits per heavy atom. The number of anilines is 1. The van der Waals surface area contributed by atoms with Crippen molar-refractivity contribution in [1.29, 1.82) is 0 Å². The smallest absolute Gasteiger partial charge is 0.300 e. The molecule has 0 saturated carbocycles. The maximum atomic E-state index is 13.0. The van der Waals surface area contributed by atoms with Gasteiger partial charge in [-0.25, -0.2) is 4.98 Å². The van der Waals surface area contributed by atoms with E-state index in [2.05, 4.69) is 45.8 Å². The molecular weight excluding hydrogens is 432 g/mol. The number of hydrogen-bond donors (Lipinski definition) is 0. The van der Waals surface area contributed by atoms with E-state index in [1.807, 2.05) is 48.2 Å². The lowest BCUT2D eigenvalue weighted by molar-refractivity contribution is 0.0745. The highest BCUT2D eigenvalue weighted by Gasteiger charge is 2.25. The Bertz CT molecular complexity index is 1310. The van der Waals surface area contributed by atoms with Gasteiger partial charge in [-0.15, -0.1) is 0 Å². The molecule has 0 spiro atoms. The van der Waals surface area contributed by atoms with Gasteiger partial charge >= 0.3 is 0 Å². The molecule has 0 radical (unpaired) electrons. The second-order valence-electron chi connectivity index (χ2n) is 9.88. The normalized spacial score (nSPS) is 14.7. The Balaban J connectivity index is 1.21. The molecule has 9 nitrogen and oxygen atoms in total. The summed E-state index contributed by atoms with van der Waals surface area (Å²) in [5.74, 6) is 1.16. The third-order valence-electron chi connectivity index (χ3n) is 5.76. The molecule has 9 heteroatoms. The van der Waals surface area contributed by atoms with Crippen LogP contribution in [0.15, 0.2) is 45.3 Å². The Morgan fingerprint density at radius 1 is 0.971 bits per heavy atom. The molecule has 176 valence electrons. The monoisotopic (exact) mass is 460 g/mol. The van der Waals surface area contributed by atoms with E-state index in [9.17, 15) is 4.79 Å². The summed E-state index contributed by atoms with van der Waals surface area (Å²) >= 11 is 0. The SMILES string of the molecule is Cc1ccc2oc(N3CCN(C(=O)c4ccc(-c5noc(CC(C)(C)C)n5)cc4)CC3)nc2n1. The maximum absolute atomic E-state index is 13.0. The lowest BCUT2D eigenvalue weighted by Crippen LogP contribution is -2.48. The van der Waals surface area contributed by atoms with E-state index in [0.717, 1.165) is 11.3 Å². The average Bonchev–Trinajstić information content (AvgIpc) is 3.44. The first-order valence-corrected chi connectivity index (χ1v) is 11.5. The first kappa shape index (κ1) is 22.1. The van der Waals surface area contributed by atoms with Crippen molar-refractivity contribution in [2.75, 3.05) is 31.1 Å². The summed E-state index contributed by atoms with van der Waals surface area (Å²) in [6, 6.07) is 11.7. The van der Waals surface area contributed by atoms with E-state index in [0.29, 0.717) is 67.1 Å². The zero-order valence-corrected chi connectivity index (χ0v) is 19.9. The summed E-state index contributed by atoms with van der Waals surface area (Å²) < 4.78 is 11.2. The zero-order chi connectivity index (χ0) is 23.9. The van der Waals surface area contributed by atoms with Gasteiger partial charge in [0, 0.05) is 49.4 Å². The molecule has 1 aromatic carbocycles.